The predicted molar refractivity (Wildman–Crippen MR) is 96.7 cm³/mol. The second-order valence-corrected chi connectivity index (χ2v) is 7.42. The van der Waals surface area contributed by atoms with Crippen LogP contribution in [0.3, 0.4) is 0 Å². The molecule has 2 aliphatic heterocycles. The molecule has 0 saturated carbocycles. The van der Waals surface area contributed by atoms with E-state index in [1.54, 1.807) is 0 Å². The van der Waals surface area contributed by atoms with E-state index in [4.69, 9.17) is 9.31 Å². The van der Waals surface area contributed by atoms with Crippen molar-refractivity contribution in [2.45, 2.75) is 45.3 Å². The monoisotopic (exact) mass is 331 g/mol. The lowest BCUT2D eigenvalue weighted by Gasteiger charge is -2.32. The maximum atomic E-state index is 11.5. The van der Waals surface area contributed by atoms with Crippen LogP contribution in [0.1, 0.15) is 38.8 Å². The summed E-state index contributed by atoms with van der Waals surface area (Å²) in [4.78, 5) is 11.5. The Morgan fingerprint density at radius 3 is 2.57 bits per heavy atom. The van der Waals surface area contributed by atoms with Crippen LogP contribution in [0.15, 0.2) is 23.7 Å². The van der Waals surface area contributed by atoms with Crippen LogP contribution in [0.5, 0.6) is 0 Å². The number of fused-ring (bicyclic) bond motifs is 1. The SMILES string of the molecule is CC1(C)OB(C(=Cc2ccc3c(c2)CC(=O)N3)CS)OC1(C)C. The molecular weight excluding hydrogens is 309 g/mol. The number of thiol groups is 1. The summed E-state index contributed by atoms with van der Waals surface area (Å²) in [5.41, 5.74) is 3.19. The summed E-state index contributed by atoms with van der Waals surface area (Å²) in [6.07, 6.45) is 2.47. The van der Waals surface area contributed by atoms with E-state index in [0.29, 0.717) is 12.2 Å². The number of anilines is 1. The number of hydrogen-bond donors (Lipinski definition) is 2. The van der Waals surface area contributed by atoms with E-state index in [1.165, 1.54) is 0 Å². The van der Waals surface area contributed by atoms with Gasteiger partial charge in [-0.15, -0.1) is 0 Å². The van der Waals surface area contributed by atoms with Crippen LogP contribution < -0.4 is 5.32 Å². The van der Waals surface area contributed by atoms with Crippen LogP contribution in [0.4, 0.5) is 5.69 Å². The van der Waals surface area contributed by atoms with Crippen molar-refractivity contribution in [2.24, 2.45) is 0 Å². The van der Waals surface area contributed by atoms with Crippen molar-refractivity contribution in [2.75, 3.05) is 11.1 Å². The van der Waals surface area contributed by atoms with Gasteiger partial charge in [-0.05, 0) is 56.4 Å². The number of nitrogens with one attached hydrogen (secondary N) is 1. The molecule has 1 saturated heterocycles. The topological polar surface area (TPSA) is 47.6 Å². The summed E-state index contributed by atoms with van der Waals surface area (Å²) < 4.78 is 12.2. The molecule has 0 radical (unpaired) electrons. The average molecular weight is 331 g/mol. The standard InChI is InChI=1S/C17H22BNO3S/c1-16(2)17(3,4)22-18(21-16)13(10-23)8-11-5-6-14-12(7-11)9-15(20)19-14/h5-8,23H,9-10H2,1-4H3,(H,19,20). The van der Waals surface area contributed by atoms with Gasteiger partial charge in [-0.25, -0.2) is 0 Å². The Kier molecular flexibility index (Phi) is 4.11. The normalized spacial score (nSPS) is 22.2. The molecule has 1 fully saturated rings. The van der Waals surface area contributed by atoms with Crippen LogP contribution in [0.2, 0.25) is 0 Å². The van der Waals surface area contributed by atoms with Gasteiger partial charge in [0, 0.05) is 11.4 Å². The molecular formula is C17H22BNO3S. The van der Waals surface area contributed by atoms with Crippen molar-refractivity contribution in [3.05, 3.63) is 34.8 Å². The zero-order valence-electron chi connectivity index (χ0n) is 14.0. The first-order chi connectivity index (χ1) is 10.7. The van der Waals surface area contributed by atoms with Crippen molar-refractivity contribution in [3.8, 4) is 0 Å². The maximum absolute atomic E-state index is 11.5. The van der Waals surface area contributed by atoms with E-state index < -0.39 is 7.12 Å². The predicted octanol–water partition coefficient (Wildman–Crippen LogP) is 3.13. The molecule has 0 aromatic heterocycles. The summed E-state index contributed by atoms with van der Waals surface area (Å²) >= 11 is 4.44. The Bertz CT molecular complexity index is 668. The Morgan fingerprint density at radius 1 is 1.30 bits per heavy atom. The highest BCUT2D eigenvalue weighted by atomic mass is 32.1. The minimum Gasteiger partial charge on any atom is -0.400 e. The molecule has 1 aromatic carbocycles. The molecule has 2 heterocycles. The third kappa shape index (κ3) is 3.07. The lowest BCUT2D eigenvalue weighted by molar-refractivity contribution is -0.115. The smallest absolute Gasteiger partial charge is 0.400 e. The minimum absolute atomic E-state index is 0.0431. The van der Waals surface area contributed by atoms with Gasteiger partial charge in [-0.1, -0.05) is 12.1 Å². The first-order valence-electron chi connectivity index (χ1n) is 7.81. The highest BCUT2D eigenvalue weighted by Gasteiger charge is 2.52. The number of carbonyl (C=O) groups excluding carboxylic acids is 1. The van der Waals surface area contributed by atoms with Crippen molar-refractivity contribution < 1.29 is 14.1 Å². The van der Waals surface area contributed by atoms with Crippen LogP contribution >= 0.6 is 12.6 Å². The molecule has 6 heteroatoms. The van der Waals surface area contributed by atoms with Crippen molar-refractivity contribution >= 4 is 37.4 Å². The maximum Gasteiger partial charge on any atom is 0.491 e. The van der Waals surface area contributed by atoms with Crippen LogP contribution in [0, 0.1) is 0 Å². The summed E-state index contributed by atoms with van der Waals surface area (Å²) in [6, 6.07) is 5.95. The highest BCUT2D eigenvalue weighted by molar-refractivity contribution is 7.80. The van der Waals surface area contributed by atoms with E-state index in [0.717, 1.165) is 22.3 Å². The van der Waals surface area contributed by atoms with Gasteiger partial charge in [-0.2, -0.15) is 12.6 Å². The molecule has 122 valence electrons. The molecule has 1 amide bonds. The third-order valence-corrected chi connectivity index (χ3v) is 5.21. The molecule has 0 unspecified atom stereocenters. The van der Waals surface area contributed by atoms with Crippen molar-refractivity contribution in [3.63, 3.8) is 0 Å². The zero-order chi connectivity index (χ0) is 16.8. The molecule has 0 aliphatic carbocycles. The first kappa shape index (κ1) is 16.6. The van der Waals surface area contributed by atoms with Gasteiger partial charge in [0.1, 0.15) is 0 Å². The van der Waals surface area contributed by atoms with Crippen LogP contribution in [-0.2, 0) is 20.5 Å². The van der Waals surface area contributed by atoms with E-state index in [2.05, 4.69) is 17.9 Å². The van der Waals surface area contributed by atoms with Gasteiger partial charge in [0.05, 0.1) is 17.6 Å². The molecule has 4 nitrogen and oxygen atoms in total. The Labute approximate surface area is 143 Å². The molecule has 1 aromatic rings. The van der Waals surface area contributed by atoms with Crippen molar-refractivity contribution in [1.29, 1.82) is 0 Å². The highest BCUT2D eigenvalue weighted by Crippen LogP contribution is 2.39. The number of hydrogen-bond acceptors (Lipinski definition) is 4. The summed E-state index contributed by atoms with van der Waals surface area (Å²) in [7, 11) is -0.398. The zero-order valence-corrected chi connectivity index (χ0v) is 14.9. The second kappa shape index (κ2) is 5.69. The second-order valence-electron chi connectivity index (χ2n) is 7.11. The largest absolute Gasteiger partial charge is 0.491 e. The third-order valence-electron chi connectivity index (χ3n) is 4.85. The molecule has 23 heavy (non-hydrogen) atoms. The fraction of sp³-hybridized carbons (Fsp3) is 0.471. The average Bonchev–Trinajstić information content (AvgIpc) is 2.91. The Balaban J connectivity index is 1.86. The number of rotatable bonds is 3. The van der Waals surface area contributed by atoms with Gasteiger partial charge in [0.2, 0.25) is 5.91 Å². The molecule has 0 bridgehead atoms. The van der Waals surface area contributed by atoms with Crippen LogP contribution in [0.25, 0.3) is 6.08 Å². The molecule has 3 rings (SSSR count). The summed E-state index contributed by atoms with van der Waals surface area (Å²) in [5.74, 6) is 0.590. The molecule has 0 atom stereocenters. The first-order valence-corrected chi connectivity index (χ1v) is 8.45. The van der Waals surface area contributed by atoms with E-state index in [1.807, 2.05) is 52.0 Å². The van der Waals surface area contributed by atoms with Gasteiger partial charge in [0.25, 0.3) is 0 Å². The molecule has 0 spiro atoms. The van der Waals surface area contributed by atoms with E-state index in [9.17, 15) is 4.79 Å². The number of carbonyl (C=O) groups is 1. The quantitative estimate of drug-likeness (QED) is 0.661. The van der Waals surface area contributed by atoms with E-state index in [-0.39, 0.29) is 17.1 Å². The summed E-state index contributed by atoms with van der Waals surface area (Å²) in [6.45, 7) is 8.15. The minimum atomic E-state index is -0.398. The van der Waals surface area contributed by atoms with E-state index >= 15 is 0 Å². The van der Waals surface area contributed by atoms with Gasteiger partial charge in [0.15, 0.2) is 0 Å². The Morgan fingerprint density at radius 2 is 1.96 bits per heavy atom. The Hall–Kier alpha value is -1.24. The fourth-order valence-electron chi connectivity index (χ4n) is 2.74. The van der Waals surface area contributed by atoms with Gasteiger partial charge < -0.3 is 14.6 Å². The van der Waals surface area contributed by atoms with Crippen LogP contribution in [-0.4, -0.2) is 30.0 Å². The summed E-state index contributed by atoms with van der Waals surface area (Å²) in [5, 5.41) is 2.84. The lowest BCUT2D eigenvalue weighted by atomic mass is 9.78. The van der Waals surface area contributed by atoms with Crippen molar-refractivity contribution in [1.82, 2.24) is 0 Å². The van der Waals surface area contributed by atoms with Gasteiger partial charge in [-0.3, -0.25) is 4.79 Å². The fourth-order valence-corrected chi connectivity index (χ4v) is 2.98. The lowest BCUT2D eigenvalue weighted by Crippen LogP contribution is -2.41. The molecule has 1 N–H and O–H groups in total. The number of benzene rings is 1. The van der Waals surface area contributed by atoms with Gasteiger partial charge >= 0.3 is 7.12 Å². The number of amides is 1. The molecule has 2 aliphatic rings.